The maximum absolute atomic E-state index is 11.5. The molecule has 0 fully saturated rings. The highest BCUT2D eigenvalue weighted by Gasteiger charge is 2.15. The summed E-state index contributed by atoms with van der Waals surface area (Å²) in [6.07, 6.45) is 2.91. The van der Waals surface area contributed by atoms with Gasteiger partial charge >= 0.3 is 5.97 Å². The number of carbonyl (C=O) groups excluding carboxylic acids is 1. The van der Waals surface area contributed by atoms with Crippen molar-refractivity contribution in [2.75, 3.05) is 12.3 Å². The first-order valence-electron chi connectivity index (χ1n) is 5.47. The molecule has 2 aromatic heterocycles. The van der Waals surface area contributed by atoms with Crippen LogP contribution in [0, 0.1) is 6.92 Å². The number of rotatable bonds is 3. The highest BCUT2D eigenvalue weighted by molar-refractivity contribution is 5.94. The Bertz CT molecular complexity index is 578. The molecular formula is C12H13N3O3. The van der Waals surface area contributed by atoms with Crippen molar-refractivity contribution in [3.05, 3.63) is 29.9 Å². The van der Waals surface area contributed by atoms with Crippen LogP contribution in [0.4, 0.5) is 5.82 Å². The van der Waals surface area contributed by atoms with E-state index >= 15 is 0 Å². The average Bonchev–Trinajstić information content (AvgIpc) is 2.75. The smallest absolute Gasteiger partial charge is 0.343 e. The van der Waals surface area contributed by atoms with Crippen molar-refractivity contribution in [2.24, 2.45) is 0 Å². The van der Waals surface area contributed by atoms with Gasteiger partial charge in [-0.15, -0.1) is 0 Å². The summed E-state index contributed by atoms with van der Waals surface area (Å²) in [4.78, 5) is 19.7. The van der Waals surface area contributed by atoms with Crippen molar-refractivity contribution in [1.82, 2.24) is 9.97 Å². The van der Waals surface area contributed by atoms with Crippen LogP contribution in [0.2, 0.25) is 0 Å². The van der Waals surface area contributed by atoms with Crippen LogP contribution in [0.1, 0.15) is 23.0 Å². The Balaban J connectivity index is 2.36. The normalized spacial score (nSPS) is 10.3. The lowest BCUT2D eigenvalue weighted by molar-refractivity contribution is 0.0527. The van der Waals surface area contributed by atoms with Crippen molar-refractivity contribution in [3.63, 3.8) is 0 Å². The van der Waals surface area contributed by atoms with Crippen LogP contribution in [0.3, 0.4) is 0 Å². The molecule has 94 valence electrons. The molecule has 0 unspecified atom stereocenters. The Labute approximate surface area is 104 Å². The van der Waals surface area contributed by atoms with Crippen molar-refractivity contribution < 1.29 is 13.9 Å². The third kappa shape index (κ3) is 2.17. The molecule has 0 aliphatic carbocycles. The molecule has 0 amide bonds. The second-order valence-corrected chi connectivity index (χ2v) is 3.60. The molecule has 0 bridgehead atoms. The molecule has 0 aliphatic rings. The number of esters is 1. The van der Waals surface area contributed by atoms with E-state index in [1.54, 1.807) is 26.2 Å². The largest absolute Gasteiger partial charge is 0.469 e. The number of nitrogens with zero attached hydrogens (tertiary/aromatic N) is 2. The second-order valence-electron chi connectivity index (χ2n) is 3.60. The molecular weight excluding hydrogens is 234 g/mol. The fourth-order valence-electron chi connectivity index (χ4n) is 1.51. The highest BCUT2D eigenvalue weighted by Crippen LogP contribution is 2.22. The minimum atomic E-state index is -0.523. The zero-order valence-corrected chi connectivity index (χ0v) is 10.1. The van der Waals surface area contributed by atoms with Gasteiger partial charge in [-0.05, 0) is 19.9 Å². The molecule has 2 heterocycles. The van der Waals surface area contributed by atoms with E-state index < -0.39 is 5.97 Å². The summed E-state index contributed by atoms with van der Waals surface area (Å²) in [5.41, 5.74) is 6.64. The van der Waals surface area contributed by atoms with Crippen LogP contribution in [0.25, 0.3) is 11.4 Å². The Morgan fingerprint density at radius 1 is 1.56 bits per heavy atom. The summed E-state index contributed by atoms with van der Waals surface area (Å²) in [5.74, 6) is 0.689. The lowest BCUT2D eigenvalue weighted by Gasteiger charge is -2.05. The van der Waals surface area contributed by atoms with Gasteiger partial charge in [0.1, 0.15) is 17.1 Å². The first-order valence-corrected chi connectivity index (χ1v) is 5.47. The van der Waals surface area contributed by atoms with Crippen LogP contribution in [0.15, 0.2) is 22.9 Å². The Morgan fingerprint density at radius 3 is 2.89 bits per heavy atom. The van der Waals surface area contributed by atoms with Gasteiger partial charge in [0.25, 0.3) is 0 Å². The fraction of sp³-hybridized carbons (Fsp3) is 0.250. The zero-order valence-electron chi connectivity index (χ0n) is 10.1. The van der Waals surface area contributed by atoms with E-state index in [9.17, 15) is 4.79 Å². The Kier molecular flexibility index (Phi) is 3.27. The number of anilines is 1. The van der Waals surface area contributed by atoms with Crippen molar-refractivity contribution in [3.8, 4) is 11.4 Å². The molecule has 0 saturated heterocycles. The van der Waals surface area contributed by atoms with Gasteiger partial charge in [0.05, 0.1) is 18.4 Å². The van der Waals surface area contributed by atoms with Crippen LogP contribution in [-0.4, -0.2) is 22.5 Å². The quantitative estimate of drug-likeness (QED) is 0.831. The van der Waals surface area contributed by atoms with Gasteiger partial charge in [-0.25, -0.2) is 14.8 Å². The first kappa shape index (κ1) is 12.1. The summed E-state index contributed by atoms with van der Waals surface area (Å²) in [7, 11) is 0. The van der Waals surface area contributed by atoms with Gasteiger partial charge in [-0.3, -0.25) is 0 Å². The van der Waals surface area contributed by atoms with Gasteiger partial charge < -0.3 is 14.9 Å². The van der Waals surface area contributed by atoms with E-state index in [-0.39, 0.29) is 18.0 Å². The number of aryl methyl sites for hydroxylation is 1. The number of nitrogens with two attached hydrogens (primary N) is 1. The van der Waals surface area contributed by atoms with Gasteiger partial charge in [0.15, 0.2) is 5.82 Å². The van der Waals surface area contributed by atoms with Crippen LogP contribution >= 0.6 is 0 Å². The molecule has 2 rings (SSSR count). The molecule has 0 radical (unpaired) electrons. The van der Waals surface area contributed by atoms with E-state index in [0.29, 0.717) is 11.6 Å². The minimum Gasteiger partial charge on any atom is -0.469 e. The van der Waals surface area contributed by atoms with Gasteiger partial charge in [-0.2, -0.15) is 0 Å². The molecule has 0 aliphatic heterocycles. The van der Waals surface area contributed by atoms with E-state index in [2.05, 4.69) is 9.97 Å². The van der Waals surface area contributed by atoms with Gasteiger partial charge in [0.2, 0.25) is 0 Å². The Morgan fingerprint density at radius 2 is 2.33 bits per heavy atom. The standard InChI is InChI=1S/C12H13N3O3/c1-3-17-12(16)9-6-14-11(15-10(9)13)8-4-5-18-7(8)2/h4-6H,3H2,1-2H3,(H2,13,14,15). The number of ether oxygens (including phenoxy) is 1. The van der Waals surface area contributed by atoms with Crippen molar-refractivity contribution in [1.29, 1.82) is 0 Å². The maximum atomic E-state index is 11.5. The van der Waals surface area contributed by atoms with Crippen LogP contribution in [-0.2, 0) is 4.74 Å². The lowest BCUT2D eigenvalue weighted by atomic mass is 10.2. The topological polar surface area (TPSA) is 91.2 Å². The number of hydrogen-bond donors (Lipinski definition) is 1. The number of carbonyl (C=O) groups is 1. The summed E-state index contributed by atoms with van der Waals surface area (Å²) in [6, 6.07) is 1.74. The molecule has 6 nitrogen and oxygen atoms in total. The van der Waals surface area contributed by atoms with E-state index in [1.165, 1.54) is 6.20 Å². The third-order valence-electron chi connectivity index (χ3n) is 2.41. The van der Waals surface area contributed by atoms with E-state index in [0.717, 1.165) is 5.56 Å². The number of furan rings is 1. The third-order valence-corrected chi connectivity index (χ3v) is 2.41. The van der Waals surface area contributed by atoms with Gasteiger partial charge in [0, 0.05) is 6.20 Å². The van der Waals surface area contributed by atoms with Crippen molar-refractivity contribution >= 4 is 11.8 Å². The molecule has 0 spiro atoms. The Hall–Kier alpha value is -2.37. The molecule has 0 aromatic carbocycles. The molecule has 2 N–H and O–H groups in total. The average molecular weight is 247 g/mol. The number of hydrogen-bond acceptors (Lipinski definition) is 6. The first-order chi connectivity index (χ1) is 8.63. The summed E-state index contributed by atoms with van der Waals surface area (Å²) >= 11 is 0. The lowest BCUT2D eigenvalue weighted by Crippen LogP contribution is -2.10. The summed E-state index contributed by atoms with van der Waals surface area (Å²) in [5, 5.41) is 0. The molecule has 6 heteroatoms. The maximum Gasteiger partial charge on any atom is 0.343 e. The van der Waals surface area contributed by atoms with E-state index in [1.807, 2.05) is 0 Å². The zero-order chi connectivity index (χ0) is 13.1. The fourth-order valence-corrected chi connectivity index (χ4v) is 1.51. The minimum absolute atomic E-state index is 0.0963. The molecule has 18 heavy (non-hydrogen) atoms. The monoisotopic (exact) mass is 247 g/mol. The molecule has 2 aromatic rings. The van der Waals surface area contributed by atoms with E-state index in [4.69, 9.17) is 14.9 Å². The van der Waals surface area contributed by atoms with Gasteiger partial charge in [-0.1, -0.05) is 0 Å². The molecule has 0 saturated carbocycles. The van der Waals surface area contributed by atoms with Crippen LogP contribution < -0.4 is 5.73 Å². The summed E-state index contributed by atoms with van der Waals surface area (Å²) < 4.78 is 10.0. The summed E-state index contributed by atoms with van der Waals surface area (Å²) in [6.45, 7) is 3.80. The highest BCUT2D eigenvalue weighted by atomic mass is 16.5. The SMILES string of the molecule is CCOC(=O)c1cnc(-c2ccoc2C)nc1N. The van der Waals surface area contributed by atoms with Crippen LogP contribution in [0.5, 0.6) is 0 Å². The number of nitrogen functional groups attached to an aromatic ring is 1. The van der Waals surface area contributed by atoms with Crippen molar-refractivity contribution in [2.45, 2.75) is 13.8 Å². The predicted octanol–water partition coefficient (Wildman–Crippen LogP) is 1.80. The molecule has 0 atom stereocenters. The second kappa shape index (κ2) is 4.87. The number of aromatic nitrogens is 2. The predicted molar refractivity (Wildman–Crippen MR) is 64.8 cm³/mol.